The number of imide groups is 1. The molecule has 286 valence electrons. The number of piperidine rings is 2. The SMILES string of the molecule is Cn1c(=O)n(C2CCC(=O)NC2=O)c2ccc(N3CCC(CN4CCN(c5cc(C#N)cc(-c6cc(-c7cc8c([nH]7)CCNC8=O)ccn6)c5)CC4)CC3)cc21. The summed E-state index contributed by atoms with van der Waals surface area (Å²) >= 11 is 0. The number of benzene rings is 2. The maximum atomic E-state index is 13.2. The van der Waals surface area contributed by atoms with Crippen LogP contribution in [0.3, 0.4) is 0 Å². The lowest BCUT2D eigenvalue weighted by Gasteiger charge is -2.40. The molecular weight excluding hydrogens is 709 g/mol. The summed E-state index contributed by atoms with van der Waals surface area (Å²) in [5, 5.41) is 15.2. The third-order valence-corrected chi connectivity index (χ3v) is 12.0. The number of aryl methyl sites for hydroxylation is 1. The number of aromatic amines is 1. The summed E-state index contributed by atoms with van der Waals surface area (Å²) in [6, 6.07) is 19.5. The van der Waals surface area contributed by atoms with E-state index in [4.69, 9.17) is 0 Å². The maximum absolute atomic E-state index is 13.2. The normalized spacial score (nSPS) is 19.5. The Morgan fingerprint density at radius 2 is 1.62 bits per heavy atom. The number of hydrogen-bond donors (Lipinski definition) is 3. The lowest BCUT2D eigenvalue weighted by molar-refractivity contribution is -0.135. The molecule has 3 aromatic heterocycles. The highest BCUT2D eigenvalue weighted by Gasteiger charge is 2.32. The number of carbonyl (C=O) groups excluding carboxylic acids is 3. The van der Waals surface area contributed by atoms with Crippen LogP contribution in [-0.4, -0.2) is 94.1 Å². The monoisotopic (exact) mass is 752 g/mol. The molecule has 4 aliphatic rings. The van der Waals surface area contributed by atoms with E-state index in [1.165, 1.54) is 4.57 Å². The standard InChI is InChI=1S/C42H44N10O4/c1-48-38-22-30(2-3-36(38)52(42(48)56)37-4-5-39(53)47-41(37)55)50-12-8-26(9-13-50)25-49-14-16-51(17-15-49)31-19-27(24-43)18-29(20-31)34-21-28(6-10-44-34)35-23-32-33(46-35)7-11-45-40(32)54/h2-3,6,10,18-23,26,37,46H,4-5,7-9,11-17,25H2,1H3,(H,45,54)(H,47,53,55). The van der Waals surface area contributed by atoms with Gasteiger partial charge in [0, 0.05) is 112 Å². The lowest BCUT2D eigenvalue weighted by Crippen LogP contribution is -2.49. The Morgan fingerprint density at radius 3 is 2.39 bits per heavy atom. The summed E-state index contributed by atoms with van der Waals surface area (Å²) < 4.78 is 3.13. The molecule has 0 bridgehead atoms. The second-order valence-electron chi connectivity index (χ2n) is 15.5. The van der Waals surface area contributed by atoms with E-state index < -0.39 is 11.9 Å². The summed E-state index contributed by atoms with van der Waals surface area (Å²) in [5.41, 5.74) is 9.03. The number of H-pyrrole nitrogens is 1. The number of pyridine rings is 1. The van der Waals surface area contributed by atoms with Gasteiger partial charge in [-0.2, -0.15) is 5.26 Å². The Bertz CT molecular complexity index is 2470. The molecule has 4 aliphatic heterocycles. The number of anilines is 2. The van der Waals surface area contributed by atoms with E-state index >= 15 is 0 Å². The number of rotatable bonds is 7. The Labute approximate surface area is 323 Å². The molecule has 7 heterocycles. The van der Waals surface area contributed by atoms with Crippen molar-refractivity contribution >= 4 is 40.1 Å². The van der Waals surface area contributed by atoms with Crippen LogP contribution in [0.1, 0.15) is 53.3 Å². The fourth-order valence-electron chi connectivity index (χ4n) is 8.92. The van der Waals surface area contributed by atoms with Crippen LogP contribution in [0, 0.1) is 17.2 Å². The molecule has 0 spiro atoms. The zero-order valence-corrected chi connectivity index (χ0v) is 31.4. The molecule has 2 aromatic carbocycles. The molecule has 3 saturated heterocycles. The smallest absolute Gasteiger partial charge is 0.329 e. The van der Waals surface area contributed by atoms with Crippen LogP contribution in [0.2, 0.25) is 0 Å². The van der Waals surface area contributed by atoms with Gasteiger partial charge in [-0.25, -0.2) is 4.79 Å². The molecule has 1 unspecified atom stereocenters. The zero-order chi connectivity index (χ0) is 38.5. The molecule has 56 heavy (non-hydrogen) atoms. The topological polar surface area (TPSA) is 164 Å². The van der Waals surface area contributed by atoms with E-state index in [0.717, 1.165) is 110 Å². The Balaban J connectivity index is 0.820. The second-order valence-corrected chi connectivity index (χ2v) is 15.5. The molecule has 3 amide bonds. The lowest BCUT2D eigenvalue weighted by atomic mass is 9.95. The van der Waals surface area contributed by atoms with Gasteiger partial charge in [-0.1, -0.05) is 0 Å². The third-order valence-electron chi connectivity index (χ3n) is 12.0. The first-order valence-corrected chi connectivity index (χ1v) is 19.5. The minimum Gasteiger partial charge on any atom is -0.371 e. The van der Waals surface area contributed by atoms with Crippen molar-refractivity contribution in [3.8, 4) is 28.6 Å². The number of nitrogens with one attached hydrogen (secondary N) is 3. The molecule has 0 aliphatic carbocycles. The average molecular weight is 753 g/mol. The number of hydrogen-bond acceptors (Lipinski definition) is 9. The summed E-state index contributed by atoms with van der Waals surface area (Å²) in [6.45, 7) is 7.16. The van der Waals surface area contributed by atoms with Crippen LogP contribution in [0.25, 0.3) is 33.5 Å². The van der Waals surface area contributed by atoms with Crippen molar-refractivity contribution in [3.63, 3.8) is 0 Å². The third kappa shape index (κ3) is 6.62. The largest absolute Gasteiger partial charge is 0.371 e. The molecule has 14 nitrogen and oxygen atoms in total. The first-order valence-electron chi connectivity index (χ1n) is 19.5. The molecule has 1 atom stereocenters. The van der Waals surface area contributed by atoms with Crippen LogP contribution in [0.4, 0.5) is 11.4 Å². The van der Waals surface area contributed by atoms with Crippen molar-refractivity contribution in [2.24, 2.45) is 13.0 Å². The molecule has 3 fully saturated rings. The quantitative estimate of drug-likeness (QED) is 0.211. The van der Waals surface area contributed by atoms with Crippen molar-refractivity contribution < 1.29 is 14.4 Å². The van der Waals surface area contributed by atoms with E-state index in [2.05, 4.69) is 47.4 Å². The molecular formula is C42H44N10O4. The predicted molar refractivity (Wildman–Crippen MR) is 212 cm³/mol. The van der Waals surface area contributed by atoms with Crippen LogP contribution in [-0.2, 0) is 23.1 Å². The summed E-state index contributed by atoms with van der Waals surface area (Å²) in [7, 11) is 1.73. The Hall–Kier alpha value is -6.20. The van der Waals surface area contributed by atoms with E-state index in [1.54, 1.807) is 17.8 Å². The predicted octanol–water partition coefficient (Wildman–Crippen LogP) is 3.57. The summed E-state index contributed by atoms with van der Waals surface area (Å²) in [4.78, 5) is 65.3. The van der Waals surface area contributed by atoms with Gasteiger partial charge < -0.3 is 20.1 Å². The average Bonchev–Trinajstić information content (AvgIpc) is 3.77. The fourth-order valence-corrected chi connectivity index (χ4v) is 8.92. The second kappa shape index (κ2) is 14.5. The van der Waals surface area contributed by atoms with Crippen molar-refractivity contribution in [2.75, 3.05) is 62.2 Å². The van der Waals surface area contributed by atoms with E-state index in [0.29, 0.717) is 35.5 Å². The van der Waals surface area contributed by atoms with Gasteiger partial charge in [0.2, 0.25) is 11.8 Å². The number of imidazole rings is 1. The van der Waals surface area contributed by atoms with Crippen molar-refractivity contribution in [2.45, 2.75) is 38.1 Å². The van der Waals surface area contributed by atoms with Crippen LogP contribution in [0.5, 0.6) is 0 Å². The number of aromatic nitrogens is 4. The van der Waals surface area contributed by atoms with E-state index in [9.17, 15) is 24.4 Å². The van der Waals surface area contributed by atoms with Gasteiger partial charge in [-0.05, 0) is 79.8 Å². The molecule has 0 radical (unpaired) electrons. The Morgan fingerprint density at radius 1 is 0.821 bits per heavy atom. The number of nitrogens with zero attached hydrogens (tertiary/aromatic N) is 7. The Kier molecular flexibility index (Phi) is 9.17. The summed E-state index contributed by atoms with van der Waals surface area (Å²) in [6.07, 6.45) is 5.23. The van der Waals surface area contributed by atoms with Gasteiger partial charge >= 0.3 is 5.69 Å². The molecule has 9 rings (SSSR count). The van der Waals surface area contributed by atoms with Gasteiger partial charge in [0.1, 0.15) is 6.04 Å². The van der Waals surface area contributed by atoms with Crippen molar-refractivity contribution in [1.82, 2.24) is 34.6 Å². The number of nitriles is 1. The number of carbonyl (C=O) groups is 3. The highest BCUT2D eigenvalue weighted by Crippen LogP contribution is 2.32. The minimum absolute atomic E-state index is 0.0525. The first kappa shape index (κ1) is 35.5. The van der Waals surface area contributed by atoms with E-state index in [-0.39, 0.29) is 23.9 Å². The maximum Gasteiger partial charge on any atom is 0.329 e. The molecule has 0 saturated carbocycles. The zero-order valence-electron chi connectivity index (χ0n) is 31.4. The highest BCUT2D eigenvalue weighted by molar-refractivity contribution is 6.00. The number of fused-ring (bicyclic) bond motifs is 2. The van der Waals surface area contributed by atoms with Crippen LogP contribution >= 0.6 is 0 Å². The summed E-state index contributed by atoms with van der Waals surface area (Å²) in [5.74, 6) is -0.188. The van der Waals surface area contributed by atoms with Gasteiger partial charge in [-0.15, -0.1) is 0 Å². The van der Waals surface area contributed by atoms with Gasteiger partial charge in [-0.3, -0.25) is 38.7 Å². The number of amides is 3. The molecule has 3 N–H and O–H groups in total. The minimum atomic E-state index is -0.692. The molecule has 14 heteroatoms. The first-order chi connectivity index (χ1) is 27.2. The van der Waals surface area contributed by atoms with Gasteiger partial charge in [0.15, 0.2) is 0 Å². The van der Waals surface area contributed by atoms with Crippen LogP contribution in [0.15, 0.2) is 65.6 Å². The van der Waals surface area contributed by atoms with Crippen LogP contribution < -0.4 is 26.1 Å². The van der Waals surface area contributed by atoms with Crippen molar-refractivity contribution in [1.29, 1.82) is 5.26 Å². The highest BCUT2D eigenvalue weighted by atomic mass is 16.2. The van der Waals surface area contributed by atoms with E-state index in [1.807, 2.05) is 48.5 Å². The van der Waals surface area contributed by atoms with Gasteiger partial charge in [0.05, 0.1) is 33.9 Å². The van der Waals surface area contributed by atoms with Gasteiger partial charge in [0.25, 0.3) is 5.91 Å². The fraction of sp³-hybridized carbons (Fsp3) is 0.381. The van der Waals surface area contributed by atoms with Crippen molar-refractivity contribution in [3.05, 3.63) is 88.1 Å². The number of piperazine rings is 1. The molecule has 5 aromatic rings.